The van der Waals surface area contributed by atoms with Crippen molar-refractivity contribution >= 4 is 5.91 Å². The number of rotatable bonds is 4. The van der Waals surface area contributed by atoms with Gasteiger partial charge in [0.05, 0.1) is 0 Å². The van der Waals surface area contributed by atoms with E-state index < -0.39 is 0 Å². The molecule has 0 radical (unpaired) electrons. The van der Waals surface area contributed by atoms with Crippen molar-refractivity contribution in [1.82, 2.24) is 4.90 Å². The number of carbonyl (C=O) groups is 1. The van der Waals surface area contributed by atoms with E-state index in [1.54, 1.807) is 0 Å². The van der Waals surface area contributed by atoms with Gasteiger partial charge in [-0.25, -0.2) is 0 Å². The summed E-state index contributed by atoms with van der Waals surface area (Å²) in [5, 5.41) is 0. The molecule has 2 unspecified atom stereocenters. The van der Waals surface area contributed by atoms with E-state index in [0.29, 0.717) is 23.9 Å². The fourth-order valence-corrected chi connectivity index (χ4v) is 5.10. The second-order valence-corrected chi connectivity index (χ2v) is 8.19. The van der Waals surface area contributed by atoms with Crippen molar-refractivity contribution < 1.29 is 4.79 Å². The Morgan fingerprint density at radius 3 is 1.88 bits per heavy atom. The van der Waals surface area contributed by atoms with Gasteiger partial charge in [-0.1, -0.05) is 68.9 Å². The highest BCUT2D eigenvalue weighted by atomic mass is 16.2. The predicted molar refractivity (Wildman–Crippen MR) is 97.9 cm³/mol. The van der Waals surface area contributed by atoms with E-state index in [2.05, 4.69) is 35.2 Å². The molecule has 0 aromatic heterocycles. The third-order valence-corrected chi connectivity index (χ3v) is 6.53. The lowest BCUT2D eigenvalue weighted by Gasteiger charge is -2.42. The van der Waals surface area contributed by atoms with Crippen LogP contribution in [0.4, 0.5) is 0 Å². The molecule has 0 saturated heterocycles. The largest absolute Gasteiger partial charge is 0.336 e. The van der Waals surface area contributed by atoms with Gasteiger partial charge in [0.15, 0.2) is 0 Å². The van der Waals surface area contributed by atoms with Gasteiger partial charge in [0.25, 0.3) is 0 Å². The van der Waals surface area contributed by atoms with Crippen LogP contribution in [0, 0.1) is 5.92 Å². The van der Waals surface area contributed by atoms with Crippen LogP contribution in [0.25, 0.3) is 0 Å². The Bertz CT molecular complexity index is 524. The van der Waals surface area contributed by atoms with Crippen LogP contribution in [-0.2, 0) is 4.79 Å². The zero-order valence-corrected chi connectivity index (χ0v) is 14.8. The van der Waals surface area contributed by atoms with Gasteiger partial charge in [0.2, 0.25) is 5.91 Å². The van der Waals surface area contributed by atoms with Crippen LogP contribution in [0.1, 0.15) is 82.1 Å². The molecule has 0 bridgehead atoms. The van der Waals surface area contributed by atoms with Crippen LogP contribution in [0.3, 0.4) is 0 Å². The minimum atomic E-state index is 0.260. The Balaban J connectivity index is 1.49. The minimum Gasteiger partial charge on any atom is -0.336 e. The van der Waals surface area contributed by atoms with Crippen LogP contribution in [-0.4, -0.2) is 22.9 Å². The fourth-order valence-electron chi connectivity index (χ4n) is 5.10. The first-order chi connectivity index (χ1) is 11.8. The van der Waals surface area contributed by atoms with E-state index in [9.17, 15) is 4.79 Å². The predicted octanol–water partition coefficient (Wildman–Crippen LogP) is 5.28. The molecule has 3 aliphatic carbocycles. The van der Waals surface area contributed by atoms with Crippen molar-refractivity contribution in [1.29, 1.82) is 0 Å². The van der Waals surface area contributed by atoms with Crippen LogP contribution in [0.2, 0.25) is 0 Å². The number of hydrogen-bond acceptors (Lipinski definition) is 1. The molecule has 0 heterocycles. The highest BCUT2D eigenvalue weighted by Gasteiger charge is 2.48. The molecule has 130 valence electrons. The lowest BCUT2D eigenvalue weighted by atomic mass is 9.88. The van der Waals surface area contributed by atoms with Gasteiger partial charge in [-0.15, -0.1) is 0 Å². The van der Waals surface area contributed by atoms with E-state index in [1.165, 1.54) is 69.8 Å². The molecule has 3 fully saturated rings. The van der Waals surface area contributed by atoms with Crippen LogP contribution < -0.4 is 0 Å². The standard InChI is InChI=1S/C22H31NO/c24-22(21-16-20(21)17-10-4-1-5-11-17)23(18-12-6-2-7-13-18)19-14-8-3-9-15-19/h1,4-5,10-11,18-21H,2-3,6-9,12-16H2. The number of benzene rings is 1. The third-order valence-electron chi connectivity index (χ3n) is 6.53. The maximum atomic E-state index is 13.4. The molecule has 2 atom stereocenters. The molecule has 0 N–H and O–H groups in total. The lowest BCUT2D eigenvalue weighted by molar-refractivity contribution is -0.139. The number of hydrogen-bond donors (Lipinski definition) is 0. The molecule has 1 aromatic carbocycles. The summed E-state index contributed by atoms with van der Waals surface area (Å²) in [5.41, 5.74) is 1.36. The van der Waals surface area contributed by atoms with Gasteiger partial charge in [0, 0.05) is 18.0 Å². The first kappa shape index (κ1) is 16.2. The maximum Gasteiger partial charge on any atom is 0.226 e. The van der Waals surface area contributed by atoms with Crippen molar-refractivity contribution in [3.05, 3.63) is 35.9 Å². The van der Waals surface area contributed by atoms with E-state index >= 15 is 0 Å². The Labute approximate surface area is 146 Å². The summed E-state index contributed by atoms with van der Waals surface area (Å²) in [6.45, 7) is 0. The number of amides is 1. The summed E-state index contributed by atoms with van der Waals surface area (Å²) in [7, 11) is 0. The highest BCUT2D eigenvalue weighted by Crippen LogP contribution is 2.49. The number of nitrogens with zero attached hydrogens (tertiary/aromatic N) is 1. The van der Waals surface area contributed by atoms with Crippen LogP contribution in [0.15, 0.2) is 30.3 Å². The lowest BCUT2D eigenvalue weighted by Crippen LogP contribution is -2.49. The van der Waals surface area contributed by atoms with Gasteiger partial charge in [0.1, 0.15) is 0 Å². The molecule has 0 aliphatic heterocycles. The SMILES string of the molecule is O=C(C1CC1c1ccccc1)N(C1CCCCC1)C1CCCCC1. The van der Waals surface area contributed by atoms with E-state index in [1.807, 2.05) is 0 Å². The van der Waals surface area contributed by atoms with E-state index in [-0.39, 0.29) is 5.92 Å². The topological polar surface area (TPSA) is 20.3 Å². The molecule has 2 nitrogen and oxygen atoms in total. The van der Waals surface area contributed by atoms with Crippen molar-refractivity contribution in [2.75, 3.05) is 0 Å². The average Bonchev–Trinajstić information content (AvgIpc) is 3.45. The molecular formula is C22H31NO. The summed E-state index contributed by atoms with van der Waals surface area (Å²) in [6, 6.07) is 11.7. The molecule has 3 saturated carbocycles. The van der Waals surface area contributed by atoms with Crippen molar-refractivity contribution in [3.8, 4) is 0 Å². The average molecular weight is 325 g/mol. The third kappa shape index (κ3) is 3.38. The quantitative estimate of drug-likeness (QED) is 0.737. The monoisotopic (exact) mass is 325 g/mol. The first-order valence-electron chi connectivity index (χ1n) is 10.2. The highest BCUT2D eigenvalue weighted by molar-refractivity contribution is 5.83. The Hall–Kier alpha value is -1.31. The van der Waals surface area contributed by atoms with Crippen molar-refractivity contribution in [2.24, 2.45) is 5.92 Å². The minimum absolute atomic E-state index is 0.260. The first-order valence-corrected chi connectivity index (χ1v) is 10.2. The molecule has 2 heteroatoms. The van der Waals surface area contributed by atoms with Gasteiger partial charge in [-0.3, -0.25) is 4.79 Å². The normalized spacial score (nSPS) is 28.5. The summed E-state index contributed by atoms with van der Waals surface area (Å²) in [6.07, 6.45) is 14.0. The van der Waals surface area contributed by atoms with E-state index in [0.717, 1.165) is 6.42 Å². The second-order valence-electron chi connectivity index (χ2n) is 8.19. The smallest absolute Gasteiger partial charge is 0.226 e. The van der Waals surface area contributed by atoms with Crippen molar-refractivity contribution in [3.63, 3.8) is 0 Å². The van der Waals surface area contributed by atoms with E-state index in [4.69, 9.17) is 0 Å². The Morgan fingerprint density at radius 2 is 1.33 bits per heavy atom. The second kappa shape index (κ2) is 7.29. The molecular weight excluding hydrogens is 294 g/mol. The van der Waals surface area contributed by atoms with Crippen LogP contribution in [0.5, 0.6) is 0 Å². The van der Waals surface area contributed by atoms with Gasteiger partial charge in [-0.05, 0) is 43.6 Å². The van der Waals surface area contributed by atoms with Gasteiger partial charge in [-0.2, -0.15) is 0 Å². The summed E-state index contributed by atoms with van der Waals surface area (Å²) < 4.78 is 0. The van der Waals surface area contributed by atoms with Gasteiger partial charge >= 0.3 is 0 Å². The number of carbonyl (C=O) groups excluding carboxylic acids is 1. The molecule has 1 aromatic rings. The molecule has 24 heavy (non-hydrogen) atoms. The van der Waals surface area contributed by atoms with Crippen molar-refractivity contribution in [2.45, 2.75) is 88.6 Å². The summed E-state index contributed by atoms with van der Waals surface area (Å²) in [5.74, 6) is 1.23. The summed E-state index contributed by atoms with van der Waals surface area (Å²) in [4.78, 5) is 15.8. The summed E-state index contributed by atoms with van der Waals surface area (Å²) >= 11 is 0. The Kier molecular flexibility index (Phi) is 4.91. The maximum absolute atomic E-state index is 13.4. The van der Waals surface area contributed by atoms with Gasteiger partial charge < -0.3 is 4.90 Å². The Morgan fingerprint density at radius 1 is 0.792 bits per heavy atom. The molecule has 1 amide bonds. The zero-order chi connectivity index (χ0) is 16.4. The molecule has 3 aliphatic rings. The molecule has 0 spiro atoms. The fraction of sp³-hybridized carbons (Fsp3) is 0.682. The van der Waals surface area contributed by atoms with Crippen LogP contribution >= 0.6 is 0 Å². The molecule has 4 rings (SSSR count). The zero-order valence-electron chi connectivity index (χ0n) is 14.8.